The van der Waals surface area contributed by atoms with Crippen LogP contribution in [-0.4, -0.2) is 11.0 Å². The predicted octanol–water partition coefficient (Wildman–Crippen LogP) is 3.49. The fraction of sp³-hybridized carbons (Fsp3) is 0.0625. The average Bonchev–Trinajstić information content (AvgIpc) is 2.42. The number of rotatable bonds is 3. The average molecular weight is 271 g/mol. The van der Waals surface area contributed by atoms with Crippen LogP contribution in [0.3, 0.4) is 0 Å². The SMILES string of the molecule is Cc1ccc(NC(=O)C=Cc2ccc(F)cc2)cc1O. The minimum atomic E-state index is -0.322. The molecule has 0 fully saturated rings. The summed E-state index contributed by atoms with van der Waals surface area (Å²) in [5.41, 5.74) is 1.99. The number of anilines is 1. The molecule has 102 valence electrons. The molecular formula is C16H14FNO2. The van der Waals surface area contributed by atoms with Crippen molar-refractivity contribution in [3.8, 4) is 5.75 Å². The quantitative estimate of drug-likeness (QED) is 0.839. The Morgan fingerprint density at radius 1 is 1.20 bits per heavy atom. The molecule has 20 heavy (non-hydrogen) atoms. The molecule has 0 atom stereocenters. The van der Waals surface area contributed by atoms with E-state index in [0.29, 0.717) is 5.69 Å². The Kier molecular flexibility index (Phi) is 4.15. The van der Waals surface area contributed by atoms with Gasteiger partial charge in [-0.15, -0.1) is 0 Å². The molecule has 4 heteroatoms. The van der Waals surface area contributed by atoms with Crippen LogP contribution < -0.4 is 5.32 Å². The second-order valence-electron chi connectivity index (χ2n) is 4.38. The Bertz CT molecular complexity index is 648. The highest BCUT2D eigenvalue weighted by Crippen LogP contribution is 2.20. The van der Waals surface area contributed by atoms with Gasteiger partial charge in [-0.3, -0.25) is 4.79 Å². The van der Waals surface area contributed by atoms with Gasteiger partial charge in [0.2, 0.25) is 5.91 Å². The number of hydrogen-bond donors (Lipinski definition) is 2. The van der Waals surface area contributed by atoms with Gasteiger partial charge in [0.25, 0.3) is 0 Å². The maximum Gasteiger partial charge on any atom is 0.248 e. The Morgan fingerprint density at radius 3 is 2.55 bits per heavy atom. The van der Waals surface area contributed by atoms with E-state index in [9.17, 15) is 14.3 Å². The van der Waals surface area contributed by atoms with Crippen LogP contribution in [-0.2, 0) is 4.79 Å². The van der Waals surface area contributed by atoms with E-state index in [2.05, 4.69) is 5.32 Å². The van der Waals surface area contributed by atoms with Crippen LogP contribution >= 0.6 is 0 Å². The zero-order valence-electron chi connectivity index (χ0n) is 10.9. The summed E-state index contributed by atoms with van der Waals surface area (Å²) in [6, 6.07) is 10.7. The number of aromatic hydroxyl groups is 1. The van der Waals surface area contributed by atoms with Gasteiger partial charge in [0, 0.05) is 17.8 Å². The number of nitrogens with one attached hydrogen (secondary N) is 1. The summed E-state index contributed by atoms with van der Waals surface area (Å²) in [6.07, 6.45) is 2.94. The van der Waals surface area contributed by atoms with Crippen molar-refractivity contribution >= 4 is 17.7 Å². The maximum absolute atomic E-state index is 12.7. The first kappa shape index (κ1) is 13.8. The largest absolute Gasteiger partial charge is 0.508 e. The van der Waals surface area contributed by atoms with Gasteiger partial charge in [-0.25, -0.2) is 4.39 Å². The first-order valence-corrected chi connectivity index (χ1v) is 6.09. The molecule has 3 nitrogen and oxygen atoms in total. The molecule has 2 rings (SSSR count). The Morgan fingerprint density at radius 2 is 1.90 bits per heavy atom. The normalized spacial score (nSPS) is 10.7. The van der Waals surface area contributed by atoms with Gasteiger partial charge in [0.1, 0.15) is 11.6 Å². The van der Waals surface area contributed by atoms with Crippen LogP contribution in [0, 0.1) is 12.7 Å². The van der Waals surface area contributed by atoms with E-state index in [-0.39, 0.29) is 17.5 Å². The summed E-state index contributed by atoms with van der Waals surface area (Å²) >= 11 is 0. The van der Waals surface area contributed by atoms with Gasteiger partial charge in [0.15, 0.2) is 0 Å². The Balaban J connectivity index is 2.01. The summed E-state index contributed by atoms with van der Waals surface area (Å²) in [5.74, 6) is -0.510. The Hall–Kier alpha value is -2.62. The number of phenols is 1. The van der Waals surface area contributed by atoms with Crippen molar-refractivity contribution in [2.75, 3.05) is 5.32 Å². The second kappa shape index (κ2) is 6.02. The first-order valence-electron chi connectivity index (χ1n) is 6.09. The highest BCUT2D eigenvalue weighted by molar-refractivity contribution is 6.02. The van der Waals surface area contributed by atoms with Gasteiger partial charge in [-0.2, -0.15) is 0 Å². The minimum absolute atomic E-state index is 0.130. The van der Waals surface area contributed by atoms with E-state index in [1.54, 1.807) is 37.3 Å². The molecule has 0 aliphatic rings. The van der Waals surface area contributed by atoms with Crippen molar-refractivity contribution in [3.63, 3.8) is 0 Å². The molecule has 0 saturated carbocycles. The van der Waals surface area contributed by atoms with Gasteiger partial charge in [-0.05, 0) is 42.3 Å². The standard InChI is InChI=1S/C16H14FNO2/c1-11-2-8-14(10-15(11)19)18-16(20)9-5-12-3-6-13(17)7-4-12/h2-10,19H,1H3,(H,18,20). The zero-order chi connectivity index (χ0) is 14.5. The summed E-state index contributed by atoms with van der Waals surface area (Å²) < 4.78 is 12.7. The van der Waals surface area contributed by atoms with Gasteiger partial charge >= 0.3 is 0 Å². The van der Waals surface area contributed by atoms with Crippen LogP contribution in [0.5, 0.6) is 5.75 Å². The van der Waals surface area contributed by atoms with Crippen molar-refractivity contribution in [3.05, 3.63) is 65.5 Å². The topological polar surface area (TPSA) is 49.3 Å². The molecule has 0 spiro atoms. The molecule has 0 saturated heterocycles. The van der Waals surface area contributed by atoms with E-state index in [0.717, 1.165) is 11.1 Å². The van der Waals surface area contributed by atoms with Gasteiger partial charge in [-0.1, -0.05) is 18.2 Å². The van der Waals surface area contributed by atoms with Crippen LogP contribution in [0.15, 0.2) is 48.5 Å². The molecule has 2 aromatic rings. The van der Waals surface area contributed by atoms with Gasteiger partial charge in [0.05, 0.1) is 0 Å². The first-order chi connectivity index (χ1) is 9.54. The molecule has 0 heterocycles. The number of carbonyl (C=O) groups excluding carboxylic acids is 1. The molecular weight excluding hydrogens is 257 g/mol. The number of aryl methyl sites for hydroxylation is 1. The van der Waals surface area contributed by atoms with Crippen molar-refractivity contribution in [1.29, 1.82) is 0 Å². The lowest BCUT2D eigenvalue weighted by Gasteiger charge is -2.04. The molecule has 0 bridgehead atoms. The predicted molar refractivity (Wildman–Crippen MR) is 76.9 cm³/mol. The summed E-state index contributed by atoms with van der Waals surface area (Å²) in [5, 5.41) is 12.2. The third kappa shape index (κ3) is 3.68. The lowest BCUT2D eigenvalue weighted by molar-refractivity contribution is -0.111. The molecule has 2 aromatic carbocycles. The number of carbonyl (C=O) groups is 1. The molecule has 0 aromatic heterocycles. The van der Waals surface area contributed by atoms with Crippen molar-refractivity contribution < 1.29 is 14.3 Å². The zero-order valence-corrected chi connectivity index (χ0v) is 10.9. The lowest BCUT2D eigenvalue weighted by atomic mass is 10.2. The third-order valence-electron chi connectivity index (χ3n) is 2.77. The van der Waals surface area contributed by atoms with Crippen LogP contribution in [0.2, 0.25) is 0 Å². The number of phenolic OH excluding ortho intramolecular Hbond substituents is 1. The molecule has 1 amide bonds. The van der Waals surface area contributed by atoms with E-state index < -0.39 is 0 Å². The molecule has 0 radical (unpaired) electrons. The number of amides is 1. The van der Waals surface area contributed by atoms with Crippen molar-refractivity contribution in [1.82, 2.24) is 0 Å². The monoisotopic (exact) mass is 271 g/mol. The molecule has 0 aliphatic carbocycles. The summed E-state index contributed by atoms with van der Waals surface area (Å²) in [6.45, 7) is 1.77. The molecule has 0 unspecified atom stereocenters. The fourth-order valence-electron chi connectivity index (χ4n) is 1.62. The highest BCUT2D eigenvalue weighted by Gasteiger charge is 2.01. The summed E-state index contributed by atoms with van der Waals surface area (Å²) in [4.78, 5) is 11.7. The highest BCUT2D eigenvalue weighted by atomic mass is 19.1. The fourth-order valence-corrected chi connectivity index (χ4v) is 1.62. The Labute approximate surface area is 116 Å². The van der Waals surface area contributed by atoms with Gasteiger partial charge < -0.3 is 10.4 Å². The van der Waals surface area contributed by atoms with Crippen LogP contribution in [0.4, 0.5) is 10.1 Å². The molecule has 2 N–H and O–H groups in total. The van der Waals surface area contributed by atoms with E-state index in [1.165, 1.54) is 24.3 Å². The van der Waals surface area contributed by atoms with Crippen LogP contribution in [0.25, 0.3) is 6.08 Å². The van der Waals surface area contributed by atoms with Crippen molar-refractivity contribution in [2.45, 2.75) is 6.92 Å². The number of hydrogen-bond acceptors (Lipinski definition) is 2. The number of benzene rings is 2. The smallest absolute Gasteiger partial charge is 0.248 e. The molecule has 0 aliphatic heterocycles. The third-order valence-corrected chi connectivity index (χ3v) is 2.77. The second-order valence-corrected chi connectivity index (χ2v) is 4.38. The lowest BCUT2D eigenvalue weighted by Crippen LogP contribution is -2.07. The van der Waals surface area contributed by atoms with E-state index in [1.807, 2.05) is 0 Å². The van der Waals surface area contributed by atoms with Crippen molar-refractivity contribution in [2.24, 2.45) is 0 Å². The van der Waals surface area contributed by atoms with E-state index in [4.69, 9.17) is 0 Å². The van der Waals surface area contributed by atoms with Crippen LogP contribution in [0.1, 0.15) is 11.1 Å². The van der Waals surface area contributed by atoms with E-state index >= 15 is 0 Å². The minimum Gasteiger partial charge on any atom is -0.508 e. The summed E-state index contributed by atoms with van der Waals surface area (Å²) in [7, 11) is 0. The maximum atomic E-state index is 12.7. The number of halogens is 1.